The number of benzene rings is 7. The Morgan fingerprint density at radius 3 is 1.70 bits per heavy atom. The van der Waals surface area contributed by atoms with E-state index in [-0.39, 0.29) is 0 Å². The molecule has 2 aromatic heterocycles. The molecule has 9 rings (SSSR count). The predicted octanol–water partition coefficient (Wildman–Crippen LogP) is 10.9. The summed E-state index contributed by atoms with van der Waals surface area (Å²) >= 11 is 0. The van der Waals surface area contributed by atoms with Crippen molar-refractivity contribution in [3.63, 3.8) is 0 Å². The Hall–Kier alpha value is -5.47. The highest BCUT2D eigenvalue weighted by Gasteiger charge is 2.19. The maximum Gasteiger partial charge on any atom is 0.114 e. The monoisotopic (exact) mass is 548 g/mol. The van der Waals surface area contributed by atoms with Gasteiger partial charge in [0.25, 0.3) is 0 Å². The van der Waals surface area contributed by atoms with Gasteiger partial charge in [-0.1, -0.05) is 122 Å². The molecule has 2 nitrogen and oxygen atoms in total. The van der Waals surface area contributed by atoms with E-state index >= 15 is 0 Å². The number of nitrogens with zero attached hydrogens (tertiary/aromatic N) is 2. The lowest BCUT2D eigenvalue weighted by molar-refractivity contribution is 0.961. The number of aromatic nitrogens is 2. The lowest BCUT2D eigenvalue weighted by Gasteiger charge is -2.18. The molecule has 0 spiro atoms. The van der Waals surface area contributed by atoms with Crippen molar-refractivity contribution >= 4 is 48.9 Å². The van der Waals surface area contributed by atoms with E-state index in [2.05, 4.69) is 151 Å². The first-order valence-electron chi connectivity index (χ1n) is 15.0. The molecule has 0 radical (unpaired) electrons. The molecule has 0 bridgehead atoms. The largest absolute Gasteiger partial charge is 0.295 e. The maximum absolute atomic E-state index is 4.92. The van der Waals surface area contributed by atoms with Crippen LogP contribution in [0.3, 0.4) is 0 Å². The van der Waals surface area contributed by atoms with Crippen molar-refractivity contribution in [3.8, 4) is 33.4 Å². The van der Waals surface area contributed by atoms with Crippen LogP contribution in [0.25, 0.3) is 82.2 Å². The van der Waals surface area contributed by atoms with Crippen LogP contribution in [0.1, 0.15) is 12.7 Å². The molecule has 7 aromatic carbocycles. The van der Waals surface area contributed by atoms with E-state index in [0.29, 0.717) is 0 Å². The van der Waals surface area contributed by atoms with Gasteiger partial charge in [-0.25, -0.2) is 4.98 Å². The third kappa shape index (κ3) is 3.50. The van der Waals surface area contributed by atoms with Gasteiger partial charge in [-0.05, 0) is 79.2 Å². The van der Waals surface area contributed by atoms with Crippen LogP contribution in [0.15, 0.2) is 140 Å². The fourth-order valence-electron chi connectivity index (χ4n) is 7.20. The Morgan fingerprint density at radius 1 is 0.465 bits per heavy atom. The molecule has 202 valence electrons. The Bertz CT molecular complexity index is 2470. The van der Waals surface area contributed by atoms with Crippen LogP contribution in [-0.2, 0) is 6.42 Å². The van der Waals surface area contributed by atoms with Crippen LogP contribution in [0, 0.1) is 0 Å². The Labute approximate surface area is 249 Å². The van der Waals surface area contributed by atoms with Crippen molar-refractivity contribution in [2.75, 3.05) is 0 Å². The Balaban J connectivity index is 1.36. The highest BCUT2D eigenvalue weighted by Crippen LogP contribution is 2.45. The molecular formula is C41H28N2. The molecule has 9 aromatic rings. The van der Waals surface area contributed by atoms with Gasteiger partial charge in [-0.15, -0.1) is 0 Å². The van der Waals surface area contributed by atoms with Crippen molar-refractivity contribution in [1.82, 2.24) is 9.38 Å². The van der Waals surface area contributed by atoms with E-state index in [0.717, 1.165) is 17.8 Å². The quantitative estimate of drug-likeness (QED) is 0.200. The lowest BCUT2D eigenvalue weighted by Crippen LogP contribution is -1.92. The van der Waals surface area contributed by atoms with Crippen molar-refractivity contribution in [2.24, 2.45) is 0 Å². The smallest absolute Gasteiger partial charge is 0.114 e. The zero-order valence-electron chi connectivity index (χ0n) is 23.9. The summed E-state index contributed by atoms with van der Waals surface area (Å²) in [6, 6.07) is 51.0. The minimum atomic E-state index is 0.903. The third-order valence-electron chi connectivity index (χ3n) is 9.07. The van der Waals surface area contributed by atoms with E-state index in [4.69, 9.17) is 4.98 Å². The lowest BCUT2D eigenvalue weighted by atomic mass is 9.85. The van der Waals surface area contributed by atoms with Crippen molar-refractivity contribution in [2.45, 2.75) is 13.3 Å². The zero-order chi connectivity index (χ0) is 28.5. The molecule has 0 aliphatic carbocycles. The van der Waals surface area contributed by atoms with Gasteiger partial charge in [0.05, 0.1) is 16.6 Å². The molecule has 0 saturated heterocycles. The Kier molecular flexibility index (Phi) is 5.21. The topological polar surface area (TPSA) is 17.3 Å². The van der Waals surface area contributed by atoms with E-state index in [1.165, 1.54) is 76.7 Å². The summed E-state index contributed by atoms with van der Waals surface area (Å²) < 4.78 is 2.36. The summed E-state index contributed by atoms with van der Waals surface area (Å²) in [6.07, 6.45) is 0.903. The average Bonchev–Trinajstić information content (AvgIpc) is 3.62. The van der Waals surface area contributed by atoms with Crippen LogP contribution in [0.2, 0.25) is 0 Å². The summed E-state index contributed by atoms with van der Waals surface area (Å²) in [7, 11) is 0. The van der Waals surface area contributed by atoms with Crippen molar-refractivity contribution in [1.29, 1.82) is 0 Å². The standard InChI is InChI=1S/C41H28N2/c1-2-38-42-36-19-11-18-33-34-24-29(21-23-37(34)43(38)41(33)36)28-20-22-32-35(25-28)40(27-14-7-4-8-15-27)31-17-10-9-16-30(31)39(32)26-12-5-3-6-13-26/h3-25H,2H2,1H3. The van der Waals surface area contributed by atoms with Crippen molar-refractivity contribution < 1.29 is 0 Å². The maximum atomic E-state index is 4.92. The van der Waals surface area contributed by atoms with E-state index in [1.807, 2.05) is 0 Å². The minimum Gasteiger partial charge on any atom is -0.295 e. The van der Waals surface area contributed by atoms with Crippen molar-refractivity contribution in [3.05, 3.63) is 145 Å². The summed E-state index contributed by atoms with van der Waals surface area (Å²) in [4.78, 5) is 4.92. The van der Waals surface area contributed by atoms with E-state index in [1.54, 1.807) is 0 Å². The first-order chi connectivity index (χ1) is 21.3. The molecule has 43 heavy (non-hydrogen) atoms. The molecule has 2 heteroatoms. The number of hydrogen-bond donors (Lipinski definition) is 0. The number of imidazole rings is 1. The highest BCUT2D eigenvalue weighted by atomic mass is 15.0. The number of para-hydroxylation sites is 1. The molecule has 0 unspecified atom stereocenters. The molecule has 0 aliphatic rings. The summed E-state index contributed by atoms with van der Waals surface area (Å²) in [5.74, 6) is 1.12. The first-order valence-corrected chi connectivity index (χ1v) is 15.0. The molecule has 0 fully saturated rings. The van der Waals surface area contributed by atoms with Gasteiger partial charge in [0.15, 0.2) is 0 Å². The normalized spacial score (nSPS) is 11.9. The molecule has 0 saturated carbocycles. The van der Waals surface area contributed by atoms with Crippen LogP contribution >= 0.6 is 0 Å². The molecular weight excluding hydrogens is 520 g/mol. The number of aryl methyl sites for hydroxylation is 1. The second-order valence-electron chi connectivity index (χ2n) is 11.4. The van der Waals surface area contributed by atoms with Gasteiger partial charge in [0, 0.05) is 17.2 Å². The van der Waals surface area contributed by atoms with Gasteiger partial charge in [-0.2, -0.15) is 0 Å². The van der Waals surface area contributed by atoms with Gasteiger partial charge in [-0.3, -0.25) is 4.40 Å². The summed E-state index contributed by atoms with van der Waals surface area (Å²) in [5, 5.41) is 7.64. The van der Waals surface area contributed by atoms with Crippen LogP contribution in [-0.4, -0.2) is 9.38 Å². The van der Waals surface area contributed by atoms with E-state index in [9.17, 15) is 0 Å². The first kappa shape index (κ1) is 24.2. The summed E-state index contributed by atoms with van der Waals surface area (Å²) in [5.41, 5.74) is 11.0. The van der Waals surface area contributed by atoms with E-state index < -0.39 is 0 Å². The van der Waals surface area contributed by atoms with Crippen LogP contribution in [0.5, 0.6) is 0 Å². The number of fused-ring (bicyclic) bond motifs is 5. The minimum absolute atomic E-state index is 0.903. The fourth-order valence-corrected chi connectivity index (χ4v) is 7.20. The van der Waals surface area contributed by atoms with Crippen LogP contribution < -0.4 is 0 Å². The van der Waals surface area contributed by atoms with Gasteiger partial charge >= 0.3 is 0 Å². The molecule has 0 aliphatic heterocycles. The zero-order valence-corrected chi connectivity index (χ0v) is 23.9. The molecule has 2 heterocycles. The van der Waals surface area contributed by atoms with Crippen LogP contribution in [0.4, 0.5) is 0 Å². The third-order valence-corrected chi connectivity index (χ3v) is 9.07. The van der Waals surface area contributed by atoms with Gasteiger partial charge in [0.1, 0.15) is 5.82 Å². The molecule has 0 amide bonds. The summed E-state index contributed by atoms with van der Waals surface area (Å²) in [6.45, 7) is 2.18. The highest BCUT2D eigenvalue weighted by molar-refractivity contribution is 6.22. The number of hydrogen-bond acceptors (Lipinski definition) is 1. The predicted molar refractivity (Wildman–Crippen MR) is 182 cm³/mol. The number of rotatable bonds is 4. The fraction of sp³-hybridized carbons (Fsp3) is 0.0488. The SMILES string of the molecule is CCc1nc2cccc3c4cc(-c5ccc6c(-c7ccccc7)c7ccccc7c(-c7ccccc7)c6c5)ccc4n1c23. The second kappa shape index (κ2) is 9.27. The van der Waals surface area contributed by atoms with Gasteiger partial charge in [0.2, 0.25) is 0 Å². The molecule has 0 N–H and O–H groups in total. The molecule has 0 atom stereocenters. The van der Waals surface area contributed by atoms with Gasteiger partial charge < -0.3 is 0 Å². The second-order valence-corrected chi connectivity index (χ2v) is 11.4. The average molecular weight is 549 g/mol. The Morgan fingerprint density at radius 2 is 1.02 bits per heavy atom.